The number of esters is 2. The van der Waals surface area contributed by atoms with E-state index in [9.17, 15) is 29.8 Å². The Balaban J connectivity index is 2.72. The SMILES string of the molecule is CCOC(=O)C1=NN=C(C)C(C(=O)OCC)C1c1cc([N+](=O)[O-])cc([N+](=O)[O-])c1. The van der Waals surface area contributed by atoms with Gasteiger partial charge in [-0.25, -0.2) is 4.79 Å². The van der Waals surface area contributed by atoms with Crippen molar-refractivity contribution in [1.82, 2.24) is 0 Å². The van der Waals surface area contributed by atoms with Crippen LogP contribution in [0.25, 0.3) is 0 Å². The fourth-order valence-electron chi connectivity index (χ4n) is 2.93. The molecule has 0 fully saturated rings. The summed E-state index contributed by atoms with van der Waals surface area (Å²) in [6.45, 7) is 4.67. The highest BCUT2D eigenvalue weighted by atomic mass is 16.6. The van der Waals surface area contributed by atoms with Gasteiger partial charge in [0.25, 0.3) is 11.4 Å². The molecule has 1 aromatic carbocycles. The summed E-state index contributed by atoms with van der Waals surface area (Å²) in [7, 11) is 0. The third kappa shape index (κ3) is 4.59. The van der Waals surface area contributed by atoms with Gasteiger partial charge < -0.3 is 9.47 Å². The number of benzene rings is 1. The van der Waals surface area contributed by atoms with Gasteiger partial charge in [0, 0.05) is 12.1 Å². The largest absolute Gasteiger partial charge is 0.465 e. The number of hydrogen-bond donors (Lipinski definition) is 0. The second-order valence-electron chi connectivity index (χ2n) is 5.95. The van der Waals surface area contributed by atoms with E-state index in [2.05, 4.69) is 10.2 Å². The van der Waals surface area contributed by atoms with Crippen molar-refractivity contribution in [2.75, 3.05) is 13.2 Å². The van der Waals surface area contributed by atoms with Crippen LogP contribution in [0.1, 0.15) is 32.3 Å². The molecular formula is C17H18N4O8. The first-order valence-corrected chi connectivity index (χ1v) is 8.60. The summed E-state index contributed by atoms with van der Waals surface area (Å²) in [5, 5.41) is 30.1. The van der Waals surface area contributed by atoms with Crippen LogP contribution in [0, 0.1) is 26.1 Å². The maximum atomic E-state index is 12.6. The molecule has 0 N–H and O–H groups in total. The topological polar surface area (TPSA) is 164 Å². The molecule has 2 atom stereocenters. The molecule has 0 amide bonds. The van der Waals surface area contributed by atoms with Crippen LogP contribution in [0.4, 0.5) is 11.4 Å². The zero-order chi connectivity index (χ0) is 21.7. The summed E-state index contributed by atoms with van der Waals surface area (Å²) in [5.74, 6) is -4.00. The van der Waals surface area contributed by atoms with Crippen molar-refractivity contribution in [3.63, 3.8) is 0 Å². The summed E-state index contributed by atoms with van der Waals surface area (Å²) in [6.07, 6.45) is 0. The fourth-order valence-corrected chi connectivity index (χ4v) is 2.93. The van der Waals surface area contributed by atoms with Gasteiger partial charge in [0.05, 0.1) is 40.8 Å². The number of nitrogens with zero attached hydrogens (tertiary/aromatic N) is 4. The average Bonchev–Trinajstić information content (AvgIpc) is 2.67. The molecule has 0 aromatic heterocycles. The summed E-state index contributed by atoms with van der Waals surface area (Å²) < 4.78 is 10.0. The Morgan fingerprint density at radius 3 is 2.03 bits per heavy atom. The second-order valence-corrected chi connectivity index (χ2v) is 5.95. The molecule has 0 radical (unpaired) electrons. The minimum atomic E-state index is -1.20. The van der Waals surface area contributed by atoms with Crippen molar-refractivity contribution in [1.29, 1.82) is 0 Å². The highest BCUT2D eigenvalue weighted by Crippen LogP contribution is 2.36. The Hall–Kier alpha value is -3.70. The Morgan fingerprint density at radius 1 is 1.00 bits per heavy atom. The van der Waals surface area contributed by atoms with Gasteiger partial charge in [-0.15, -0.1) is 5.10 Å². The van der Waals surface area contributed by atoms with E-state index < -0.39 is 45.0 Å². The van der Waals surface area contributed by atoms with Gasteiger partial charge >= 0.3 is 11.9 Å². The lowest BCUT2D eigenvalue weighted by Crippen LogP contribution is -2.40. The quantitative estimate of drug-likeness (QED) is 0.377. The van der Waals surface area contributed by atoms with E-state index in [0.717, 1.165) is 18.2 Å². The molecule has 12 heteroatoms. The number of carbonyl (C=O) groups excluding carboxylic acids is 2. The minimum absolute atomic E-state index is 0.00638. The molecule has 29 heavy (non-hydrogen) atoms. The summed E-state index contributed by atoms with van der Waals surface area (Å²) in [5.41, 5.74) is -1.27. The first-order chi connectivity index (χ1) is 13.7. The first kappa shape index (κ1) is 21.6. The minimum Gasteiger partial charge on any atom is -0.465 e. The van der Waals surface area contributed by atoms with Crippen LogP contribution in [0.5, 0.6) is 0 Å². The zero-order valence-electron chi connectivity index (χ0n) is 15.9. The number of rotatable bonds is 7. The lowest BCUT2D eigenvalue weighted by atomic mass is 9.78. The third-order valence-corrected chi connectivity index (χ3v) is 4.12. The van der Waals surface area contributed by atoms with Crippen LogP contribution >= 0.6 is 0 Å². The van der Waals surface area contributed by atoms with Crippen molar-refractivity contribution < 1.29 is 28.9 Å². The maximum Gasteiger partial charge on any atom is 0.355 e. The van der Waals surface area contributed by atoms with Crippen molar-refractivity contribution in [3.05, 3.63) is 44.0 Å². The summed E-state index contributed by atoms with van der Waals surface area (Å²) >= 11 is 0. The Kier molecular flexibility index (Phi) is 6.70. The smallest absolute Gasteiger partial charge is 0.355 e. The first-order valence-electron chi connectivity index (χ1n) is 8.60. The standard InChI is InChI=1S/C17H18N4O8/c1-4-28-16(22)13-9(3)18-19-15(17(23)29-5-2)14(13)10-6-11(20(24)25)8-12(7-10)21(26)27/h6-8,13-14H,4-5H2,1-3H3. The van der Waals surface area contributed by atoms with E-state index in [1.54, 1.807) is 13.8 Å². The van der Waals surface area contributed by atoms with E-state index in [-0.39, 0.29) is 30.2 Å². The lowest BCUT2D eigenvalue weighted by Gasteiger charge is -2.28. The molecule has 0 aliphatic carbocycles. The zero-order valence-corrected chi connectivity index (χ0v) is 15.9. The van der Waals surface area contributed by atoms with E-state index >= 15 is 0 Å². The number of ether oxygens (including phenoxy) is 2. The van der Waals surface area contributed by atoms with Crippen LogP contribution in [0.15, 0.2) is 28.4 Å². The normalized spacial score (nSPS) is 18.3. The van der Waals surface area contributed by atoms with Crippen LogP contribution in [-0.4, -0.2) is 46.4 Å². The van der Waals surface area contributed by atoms with Crippen molar-refractivity contribution in [3.8, 4) is 0 Å². The molecule has 154 valence electrons. The van der Waals surface area contributed by atoms with Crippen LogP contribution in [0.2, 0.25) is 0 Å². The van der Waals surface area contributed by atoms with Crippen LogP contribution in [0.3, 0.4) is 0 Å². The predicted molar refractivity (Wildman–Crippen MR) is 99.8 cm³/mol. The van der Waals surface area contributed by atoms with Gasteiger partial charge in [-0.3, -0.25) is 25.0 Å². The highest BCUT2D eigenvalue weighted by molar-refractivity contribution is 6.40. The van der Waals surface area contributed by atoms with Gasteiger partial charge in [-0.1, -0.05) is 0 Å². The van der Waals surface area contributed by atoms with Gasteiger partial charge in [-0.05, 0) is 26.3 Å². The van der Waals surface area contributed by atoms with E-state index in [4.69, 9.17) is 9.47 Å². The summed E-state index contributed by atoms with van der Waals surface area (Å²) in [6, 6.07) is 2.89. The van der Waals surface area contributed by atoms with Crippen molar-refractivity contribution in [2.24, 2.45) is 16.1 Å². The molecule has 0 bridgehead atoms. The molecule has 1 aliphatic rings. The predicted octanol–water partition coefficient (Wildman–Crippen LogP) is 2.16. The molecule has 1 aromatic rings. The summed E-state index contributed by atoms with van der Waals surface area (Å²) in [4.78, 5) is 45.9. The Labute approximate surface area is 164 Å². The second kappa shape index (κ2) is 8.99. The average molecular weight is 406 g/mol. The molecule has 0 spiro atoms. The van der Waals surface area contributed by atoms with E-state index in [1.807, 2.05) is 0 Å². The molecule has 0 saturated heterocycles. The molecule has 0 saturated carbocycles. The number of nitro benzene ring substituents is 2. The number of non-ortho nitro benzene ring substituents is 2. The third-order valence-electron chi connectivity index (χ3n) is 4.12. The highest BCUT2D eigenvalue weighted by Gasteiger charge is 2.43. The molecule has 2 unspecified atom stereocenters. The van der Waals surface area contributed by atoms with Crippen molar-refractivity contribution >= 4 is 34.7 Å². The number of carbonyl (C=O) groups is 2. The van der Waals surface area contributed by atoms with E-state index in [0.29, 0.717) is 0 Å². The molecule has 1 aliphatic heterocycles. The fraction of sp³-hybridized carbons (Fsp3) is 0.412. The van der Waals surface area contributed by atoms with Crippen LogP contribution < -0.4 is 0 Å². The monoisotopic (exact) mass is 406 g/mol. The molecule has 2 rings (SSSR count). The Bertz CT molecular complexity index is 892. The van der Waals surface area contributed by atoms with Gasteiger partial charge in [-0.2, -0.15) is 5.10 Å². The van der Waals surface area contributed by atoms with Gasteiger partial charge in [0.1, 0.15) is 5.92 Å². The van der Waals surface area contributed by atoms with Gasteiger partial charge in [0.2, 0.25) is 0 Å². The molecule has 1 heterocycles. The Morgan fingerprint density at radius 2 is 1.55 bits per heavy atom. The van der Waals surface area contributed by atoms with Crippen molar-refractivity contribution in [2.45, 2.75) is 26.7 Å². The van der Waals surface area contributed by atoms with E-state index in [1.165, 1.54) is 6.92 Å². The number of nitro groups is 2. The molecule has 12 nitrogen and oxygen atoms in total. The maximum absolute atomic E-state index is 12.6. The van der Waals surface area contributed by atoms with Gasteiger partial charge in [0.15, 0.2) is 5.71 Å². The number of hydrogen-bond acceptors (Lipinski definition) is 10. The lowest BCUT2D eigenvalue weighted by molar-refractivity contribution is -0.394. The molecular weight excluding hydrogens is 388 g/mol. The van der Waals surface area contributed by atoms with Crippen LogP contribution in [-0.2, 0) is 19.1 Å².